The second-order valence-corrected chi connectivity index (χ2v) is 15.2. The zero-order chi connectivity index (χ0) is 33.7. The minimum absolute atomic E-state index is 0.0457. The highest BCUT2D eigenvalue weighted by atomic mass is 32.2. The number of carbonyl (C=O) groups excluding carboxylic acids is 2. The minimum atomic E-state index is -3.33. The Morgan fingerprint density at radius 3 is 2.39 bits per heavy atom. The number of carbonyl (C=O) groups is 2. The SMILES string of the molecule is CC(C)(C)OC(=O)C[C@H]1C[C@@H](/C=C/n2c(CCS(C)(=O)=O)cc(C(=O)NCc3ccccc3)c2-c2ccc(F)cc2)OC(C)(C)O1. The minimum Gasteiger partial charge on any atom is -0.460 e. The molecule has 2 heterocycles. The second-order valence-electron chi connectivity index (χ2n) is 13.0. The number of amides is 1. The van der Waals surface area contributed by atoms with Crippen LogP contribution in [0.1, 0.15) is 69.1 Å². The molecule has 0 unspecified atom stereocenters. The Bertz CT molecular complexity index is 1660. The zero-order valence-corrected chi connectivity index (χ0v) is 28.0. The molecular formula is C35H43FN2O7S. The average molecular weight is 655 g/mol. The first kappa shape index (κ1) is 35.1. The molecule has 0 saturated carbocycles. The summed E-state index contributed by atoms with van der Waals surface area (Å²) in [5.74, 6) is -2.32. The standard InChI is InChI=1S/C35H43FN2O7S/c1-34(2,3)45-31(39)22-29-21-28(43-35(4,5)44-29)16-18-38-27(17-19-46(6,41)42)20-30(32(38)25-12-14-26(36)15-13-25)33(40)37-23-24-10-8-7-9-11-24/h7-16,18,20,28-29H,17,19,21-23H2,1-6H3,(H,37,40)/b18-16+/t28-,29-/m1/s1. The number of nitrogens with one attached hydrogen (secondary N) is 1. The quantitative estimate of drug-likeness (QED) is 0.255. The summed E-state index contributed by atoms with van der Waals surface area (Å²) in [6, 6.07) is 16.9. The molecule has 2 atom stereocenters. The lowest BCUT2D eigenvalue weighted by molar-refractivity contribution is -0.290. The number of hydrogen-bond donors (Lipinski definition) is 1. The highest BCUT2D eigenvalue weighted by Gasteiger charge is 2.36. The van der Waals surface area contributed by atoms with E-state index in [1.54, 1.807) is 69.7 Å². The summed E-state index contributed by atoms with van der Waals surface area (Å²) in [6.07, 6.45) is 4.27. The van der Waals surface area contributed by atoms with E-state index in [1.807, 2.05) is 30.3 Å². The van der Waals surface area contributed by atoms with Gasteiger partial charge in [-0.15, -0.1) is 0 Å². The molecule has 46 heavy (non-hydrogen) atoms. The maximum absolute atomic E-state index is 14.0. The van der Waals surface area contributed by atoms with Crippen molar-refractivity contribution in [1.82, 2.24) is 9.88 Å². The van der Waals surface area contributed by atoms with Gasteiger partial charge in [0.25, 0.3) is 5.91 Å². The van der Waals surface area contributed by atoms with Crippen molar-refractivity contribution in [2.75, 3.05) is 12.0 Å². The molecule has 0 spiro atoms. The van der Waals surface area contributed by atoms with Crippen molar-refractivity contribution >= 4 is 27.9 Å². The number of hydrogen-bond acceptors (Lipinski definition) is 7. The lowest BCUT2D eigenvalue weighted by Gasteiger charge is -2.39. The fourth-order valence-corrected chi connectivity index (χ4v) is 5.90. The van der Waals surface area contributed by atoms with Gasteiger partial charge in [-0.3, -0.25) is 9.59 Å². The molecule has 3 aromatic rings. The number of benzene rings is 2. The van der Waals surface area contributed by atoms with E-state index in [2.05, 4.69) is 5.32 Å². The number of ether oxygens (including phenoxy) is 3. The van der Waals surface area contributed by atoms with E-state index in [1.165, 1.54) is 12.1 Å². The van der Waals surface area contributed by atoms with Crippen LogP contribution in [0, 0.1) is 5.82 Å². The van der Waals surface area contributed by atoms with Crippen LogP contribution in [-0.2, 0) is 41.8 Å². The molecule has 0 radical (unpaired) electrons. The third-order valence-electron chi connectivity index (χ3n) is 7.15. The van der Waals surface area contributed by atoms with Gasteiger partial charge in [-0.05, 0) is 82.2 Å². The molecular weight excluding hydrogens is 611 g/mol. The smallest absolute Gasteiger partial charge is 0.308 e. The van der Waals surface area contributed by atoms with Gasteiger partial charge in [0.05, 0.1) is 35.6 Å². The van der Waals surface area contributed by atoms with E-state index in [0.29, 0.717) is 28.9 Å². The van der Waals surface area contributed by atoms with Gasteiger partial charge in [0.1, 0.15) is 21.3 Å². The first-order chi connectivity index (χ1) is 21.5. The summed E-state index contributed by atoms with van der Waals surface area (Å²) in [5, 5.41) is 2.95. The van der Waals surface area contributed by atoms with Gasteiger partial charge in [0.15, 0.2) is 5.79 Å². The molecule has 248 valence electrons. The summed E-state index contributed by atoms with van der Waals surface area (Å²) < 4.78 is 57.8. The van der Waals surface area contributed by atoms with Gasteiger partial charge < -0.3 is 24.1 Å². The van der Waals surface area contributed by atoms with Crippen LogP contribution in [0.4, 0.5) is 4.39 Å². The van der Waals surface area contributed by atoms with Crippen LogP contribution in [0.15, 0.2) is 66.7 Å². The van der Waals surface area contributed by atoms with Gasteiger partial charge >= 0.3 is 5.97 Å². The topological polar surface area (TPSA) is 113 Å². The fraction of sp³-hybridized carbons (Fsp3) is 0.429. The summed E-state index contributed by atoms with van der Waals surface area (Å²) in [6.45, 7) is 9.23. The van der Waals surface area contributed by atoms with Crippen molar-refractivity contribution < 1.29 is 36.6 Å². The Morgan fingerprint density at radius 2 is 1.76 bits per heavy atom. The Hall–Kier alpha value is -3.80. The number of nitrogens with zero attached hydrogens (tertiary/aromatic N) is 1. The molecule has 1 aliphatic rings. The predicted octanol–water partition coefficient (Wildman–Crippen LogP) is 5.92. The number of esters is 1. The lowest BCUT2D eigenvalue weighted by Crippen LogP contribution is -2.45. The molecule has 4 rings (SSSR count). The van der Waals surface area contributed by atoms with E-state index in [4.69, 9.17) is 14.2 Å². The van der Waals surface area contributed by atoms with Crippen molar-refractivity contribution in [3.05, 3.63) is 89.4 Å². The van der Waals surface area contributed by atoms with Crippen molar-refractivity contribution in [2.24, 2.45) is 0 Å². The number of aryl methyl sites for hydroxylation is 1. The fourth-order valence-electron chi connectivity index (χ4n) is 5.32. The number of aromatic nitrogens is 1. The van der Waals surface area contributed by atoms with E-state index in [9.17, 15) is 22.4 Å². The molecule has 1 aromatic heterocycles. The van der Waals surface area contributed by atoms with Crippen LogP contribution in [0.2, 0.25) is 0 Å². The maximum Gasteiger partial charge on any atom is 0.308 e. The monoisotopic (exact) mass is 654 g/mol. The van der Waals surface area contributed by atoms with Gasteiger partial charge in [0.2, 0.25) is 0 Å². The van der Waals surface area contributed by atoms with Crippen molar-refractivity contribution in [1.29, 1.82) is 0 Å². The van der Waals surface area contributed by atoms with Crippen LogP contribution in [0.5, 0.6) is 0 Å². The molecule has 9 nitrogen and oxygen atoms in total. The van der Waals surface area contributed by atoms with Crippen molar-refractivity contribution in [3.63, 3.8) is 0 Å². The third kappa shape index (κ3) is 10.4. The van der Waals surface area contributed by atoms with Crippen LogP contribution < -0.4 is 5.32 Å². The highest BCUT2D eigenvalue weighted by Crippen LogP contribution is 2.32. The van der Waals surface area contributed by atoms with E-state index in [0.717, 1.165) is 11.8 Å². The highest BCUT2D eigenvalue weighted by molar-refractivity contribution is 7.90. The van der Waals surface area contributed by atoms with Crippen LogP contribution in [0.25, 0.3) is 17.5 Å². The summed E-state index contributed by atoms with van der Waals surface area (Å²) in [4.78, 5) is 26.2. The van der Waals surface area contributed by atoms with Gasteiger partial charge in [-0.2, -0.15) is 0 Å². The third-order valence-corrected chi connectivity index (χ3v) is 8.09. The summed E-state index contributed by atoms with van der Waals surface area (Å²) in [7, 11) is -3.33. The van der Waals surface area contributed by atoms with Crippen LogP contribution in [-0.4, -0.2) is 60.5 Å². The number of halogens is 1. The second kappa shape index (κ2) is 14.3. The van der Waals surface area contributed by atoms with Gasteiger partial charge in [0, 0.05) is 37.5 Å². The van der Waals surface area contributed by atoms with Crippen LogP contribution in [0.3, 0.4) is 0 Å². The normalized spacial score (nSPS) is 18.4. The Balaban J connectivity index is 1.72. The molecule has 11 heteroatoms. The molecule has 1 saturated heterocycles. The van der Waals surface area contributed by atoms with Crippen molar-refractivity contribution in [2.45, 2.75) is 84.0 Å². The predicted molar refractivity (Wildman–Crippen MR) is 175 cm³/mol. The van der Waals surface area contributed by atoms with E-state index < -0.39 is 39.3 Å². The maximum atomic E-state index is 14.0. The van der Waals surface area contributed by atoms with Gasteiger partial charge in [-0.25, -0.2) is 12.8 Å². The largest absolute Gasteiger partial charge is 0.460 e. The summed E-state index contributed by atoms with van der Waals surface area (Å²) >= 11 is 0. The van der Waals surface area contributed by atoms with Crippen molar-refractivity contribution in [3.8, 4) is 11.3 Å². The van der Waals surface area contributed by atoms with Crippen LogP contribution >= 0.6 is 0 Å². The molecule has 1 fully saturated rings. The molecule has 2 aromatic carbocycles. The Labute approximate surface area is 270 Å². The molecule has 0 aliphatic carbocycles. The first-order valence-corrected chi connectivity index (χ1v) is 17.3. The van der Waals surface area contributed by atoms with Gasteiger partial charge in [-0.1, -0.05) is 30.3 Å². The molecule has 0 bridgehead atoms. The van der Waals surface area contributed by atoms with E-state index >= 15 is 0 Å². The zero-order valence-electron chi connectivity index (χ0n) is 27.2. The Kier molecular flexibility index (Phi) is 10.9. The number of sulfone groups is 1. The lowest BCUT2D eigenvalue weighted by atomic mass is 10.0. The summed E-state index contributed by atoms with van der Waals surface area (Å²) in [5.41, 5.74) is 2.21. The molecule has 1 aliphatic heterocycles. The first-order valence-electron chi connectivity index (χ1n) is 15.2. The van der Waals surface area contributed by atoms with E-state index in [-0.39, 0.29) is 37.0 Å². The molecule has 1 amide bonds. The number of rotatable bonds is 11. The average Bonchev–Trinajstić information content (AvgIpc) is 3.31. The molecule has 1 N–H and O–H groups in total. The Morgan fingerprint density at radius 1 is 1.09 bits per heavy atom.